The molecule has 0 spiro atoms. The molecule has 0 atom stereocenters. The molecule has 1 aromatic carbocycles. The highest BCUT2D eigenvalue weighted by atomic mass is 32.2. The van der Waals surface area contributed by atoms with E-state index >= 15 is 0 Å². The molecule has 0 unspecified atom stereocenters. The van der Waals surface area contributed by atoms with E-state index in [9.17, 15) is 9.90 Å². The van der Waals surface area contributed by atoms with E-state index in [2.05, 4.69) is 46.0 Å². The van der Waals surface area contributed by atoms with E-state index < -0.39 is 5.91 Å². The molecule has 15 heteroatoms. The second-order valence-electron chi connectivity index (χ2n) is 6.08. The van der Waals surface area contributed by atoms with Crippen LogP contribution in [0.25, 0.3) is 5.82 Å². The van der Waals surface area contributed by atoms with Crippen LogP contribution in [0.4, 0.5) is 5.82 Å². The smallest absolute Gasteiger partial charge is 0.293 e. The normalized spacial score (nSPS) is 11.3. The lowest BCUT2D eigenvalue weighted by atomic mass is 10.2. The maximum absolute atomic E-state index is 12.7. The topological polar surface area (TPSA) is 188 Å². The third-order valence-electron chi connectivity index (χ3n) is 3.93. The number of nitrogens with zero attached hydrogens (tertiary/aromatic N) is 9. The molecule has 158 valence electrons. The van der Waals surface area contributed by atoms with Crippen LogP contribution >= 0.6 is 11.8 Å². The molecule has 31 heavy (non-hydrogen) atoms. The Labute approximate surface area is 178 Å². The number of anilines is 1. The van der Waals surface area contributed by atoms with E-state index in [-0.39, 0.29) is 28.8 Å². The molecule has 0 aliphatic rings. The van der Waals surface area contributed by atoms with Gasteiger partial charge in [-0.15, -0.1) is 15.3 Å². The number of nitrogen functional groups attached to an aromatic ring is 1. The largest absolute Gasteiger partial charge is 0.508 e. The number of amides is 1. The first-order chi connectivity index (χ1) is 15.0. The number of carbonyl (C=O) groups is 1. The fraction of sp³-hybridized carbons (Fsp3) is 0.125. The van der Waals surface area contributed by atoms with Crippen molar-refractivity contribution in [3.05, 3.63) is 47.5 Å². The van der Waals surface area contributed by atoms with Crippen LogP contribution in [-0.2, 0) is 12.8 Å². The van der Waals surface area contributed by atoms with Gasteiger partial charge in [0, 0.05) is 12.8 Å². The van der Waals surface area contributed by atoms with Crippen LogP contribution in [0.1, 0.15) is 21.7 Å². The van der Waals surface area contributed by atoms with Crippen molar-refractivity contribution in [2.24, 2.45) is 12.1 Å². The number of hydrazone groups is 1. The van der Waals surface area contributed by atoms with Gasteiger partial charge in [-0.3, -0.25) is 4.79 Å². The number of nitrogens with one attached hydrogen (secondary N) is 1. The van der Waals surface area contributed by atoms with Gasteiger partial charge in [0.2, 0.25) is 11.6 Å². The van der Waals surface area contributed by atoms with E-state index in [0.717, 1.165) is 0 Å². The van der Waals surface area contributed by atoms with Crippen LogP contribution in [0.3, 0.4) is 0 Å². The summed E-state index contributed by atoms with van der Waals surface area (Å²) in [5.74, 6) is -0.191. The van der Waals surface area contributed by atoms with Gasteiger partial charge in [0.25, 0.3) is 5.91 Å². The van der Waals surface area contributed by atoms with Gasteiger partial charge in [0.1, 0.15) is 12.1 Å². The van der Waals surface area contributed by atoms with E-state index in [4.69, 9.17) is 5.73 Å². The summed E-state index contributed by atoms with van der Waals surface area (Å²) in [6.07, 6.45) is 2.94. The number of thioether (sulfide) groups is 1. The molecule has 0 saturated carbocycles. The maximum atomic E-state index is 12.7. The number of rotatable bonds is 7. The summed E-state index contributed by atoms with van der Waals surface area (Å²) >= 11 is 1.31. The molecule has 0 aliphatic carbocycles. The zero-order valence-electron chi connectivity index (χ0n) is 15.9. The number of hydrogen-bond acceptors (Lipinski definition) is 12. The molecule has 3 aromatic heterocycles. The predicted octanol–water partition coefficient (Wildman–Crippen LogP) is 0.123. The molecule has 4 N–H and O–H groups in total. The molecule has 0 radical (unpaired) electrons. The van der Waals surface area contributed by atoms with Crippen molar-refractivity contribution in [3.8, 4) is 11.6 Å². The number of benzene rings is 1. The minimum Gasteiger partial charge on any atom is -0.508 e. The van der Waals surface area contributed by atoms with Gasteiger partial charge in [-0.1, -0.05) is 29.1 Å². The molecule has 14 nitrogen and oxygen atoms in total. The second kappa shape index (κ2) is 8.62. The SMILES string of the molecule is Cn1cnnc1SCc1c(C(=O)N/N=C/c2cccc(O)c2)nnn1-c1nonc1N. The molecule has 4 aromatic rings. The summed E-state index contributed by atoms with van der Waals surface area (Å²) in [4.78, 5) is 12.7. The van der Waals surface area contributed by atoms with Gasteiger partial charge in [0.15, 0.2) is 10.9 Å². The van der Waals surface area contributed by atoms with Crippen LogP contribution in [-0.4, -0.2) is 57.3 Å². The number of aromatic hydroxyl groups is 1. The Balaban J connectivity index is 1.58. The second-order valence-corrected chi connectivity index (χ2v) is 7.02. The van der Waals surface area contributed by atoms with Gasteiger partial charge in [-0.25, -0.2) is 10.1 Å². The summed E-state index contributed by atoms with van der Waals surface area (Å²) in [5, 5.41) is 37.0. The molecular formula is C16H15N11O3S. The zero-order valence-corrected chi connectivity index (χ0v) is 16.8. The fourth-order valence-electron chi connectivity index (χ4n) is 2.48. The molecule has 4 rings (SSSR count). The lowest BCUT2D eigenvalue weighted by Gasteiger charge is -2.05. The van der Waals surface area contributed by atoms with Gasteiger partial charge in [-0.2, -0.15) is 9.78 Å². The number of phenolic OH excluding ortho intramolecular Hbond substituents is 1. The molecule has 1 amide bonds. The van der Waals surface area contributed by atoms with Crippen molar-refractivity contribution in [3.63, 3.8) is 0 Å². The van der Waals surface area contributed by atoms with Gasteiger partial charge < -0.3 is 15.4 Å². The number of hydrogen-bond donors (Lipinski definition) is 3. The van der Waals surface area contributed by atoms with Gasteiger partial charge in [-0.05, 0) is 28.0 Å². The Kier molecular flexibility index (Phi) is 5.57. The van der Waals surface area contributed by atoms with Gasteiger partial charge >= 0.3 is 0 Å². The Bertz CT molecular complexity index is 1250. The summed E-state index contributed by atoms with van der Waals surface area (Å²) in [6.45, 7) is 0. The number of aryl methyl sites for hydroxylation is 1. The monoisotopic (exact) mass is 441 g/mol. The summed E-state index contributed by atoms with van der Waals surface area (Å²) in [6, 6.07) is 6.40. The summed E-state index contributed by atoms with van der Waals surface area (Å²) < 4.78 is 7.62. The number of aromatic nitrogens is 8. The Morgan fingerprint density at radius 2 is 2.26 bits per heavy atom. The number of phenols is 1. The van der Waals surface area contributed by atoms with Crippen molar-refractivity contribution in [2.75, 3.05) is 5.73 Å². The number of nitrogens with two attached hydrogens (primary N) is 1. The predicted molar refractivity (Wildman–Crippen MR) is 107 cm³/mol. The Morgan fingerprint density at radius 3 is 2.97 bits per heavy atom. The third kappa shape index (κ3) is 4.35. The minimum atomic E-state index is -0.605. The summed E-state index contributed by atoms with van der Waals surface area (Å²) in [5.41, 5.74) is 9.13. The quantitative estimate of drug-likeness (QED) is 0.201. The Hall–Kier alpha value is -4.27. The first-order valence-electron chi connectivity index (χ1n) is 8.65. The van der Waals surface area contributed by atoms with Crippen molar-refractivity contribution in [2.45, 2.75) is 10.9 Å². The third-order valence-corrected chi connectivity index (χ3v) is 4.98. The van der Waals surface area contributed by atoms with Crippen molar-refractivity contribution in [1.82, 2.24) is 45.5 Å². The Morgan fingerprint density at radius 1 is 1.39 bits per heavy atom. The van der Waals surface area contributed by atoms with Gasteiger partial charge in [0.05, 0.1) is 11.9 Å². The highest BCUT2D eigenvalue weighted by molar-refractivity contribution is 7.98. The zero-order chi connectivity index (χ0) is 21.8. The van der Waals surface area contributed by atoms with Crippen LogP contribution in [0.2, 0.25) is 0 Å². The van der Waals surface area contributed by atoms with E-state index in [1.165, 1.54) is 34.8 Å². The van der Waals surface area contributed by atoms with E-state index in [1.807, 2.05) is 0 Å². The molecule has 3 heterocycles. The summed E-state index contributed by atoms with van der Waals surface area (Å²) in [7, 11) is 1.79. The molecule has 0 bridgehead atoms. The van der Waals surface area contributed by atoms with Crippen molar-refractivity contribution < 1.29 is 14.5 Å². The van der Waals surface area contributed by atoms with Crippen molar-refractivity contribution >= 4 is 29.7 Å². The van der Waals surface area contributed by atoms with Crippen LogP contribution in [0, 0.1) is 0 Å². The molecule has 0 aliphatic heterocycles. The standard InChI is InChI=1S/C16H15N11O3S/c1-26-8-19-22-16(26)31-7-11-12(20-25-27(11)14-13(17)23-30-24-14)15(29)21-18-6-9-3-2-4-10(28)5-9/h2-6,8,28H,7H2,1H3,(H2,17,23)(H,21,29)/b18-6+. The highest BCUT2D eigenvalue weighted by Gasteiger charge is 2.24. The average molecular weight is 441 g/mol. The lowest BCUT2D eigenvalue weighted by Crippen LogP contribution is -2.20. The molecular weight excluding hydrogens is 426 g/mol. The molecule has 0 fully saturated rings. The van der Waals surface area contributed by atoms with Crippen molar-refractivity contribution in [1.29, 1.82) is 0 Å². The van der Waals surface area contributed by atoms with E-state index in [0.29, 0.717) is 16.4 Å². The van der Waals surface area contributed by atoms with Crippen LogP contribution in [0.15, 0.2) is 45.5 Å². The molecule has 0 saturated heterocycles. The fourth-order valence-corrected chi connectivity index (χ4v) is 3.36. The number of carbonyl (C=O) groups excluding carboxylic acids is 1. The van der Waals surface area contributed by atoms with Crippen LogP contribution < -0.4 is 11.2 Å². The maximum Gasteiger partial charge on any atom is 0.293 e. The highest BCUT2D eigenvalue weighted by Crippen LogP contribution is 2.24. The van der Waals surface area contributed by atoms with E-state index in [1.54, 1.807) is 30.1 Å². The first kappa shape index (κ1) is 20.0. The lowest BCUT2D eigenvalue weighted by molar-refractivity contribution is 0.0949. The first-order valence-corrected chi connectivity index (χ1v) is 9.63. The van der Waals surface area contributed by atoms with Crippen LogP contribution in [0.5, 0.6) is 5.75 Å². The average Bonchev–Trinajstić information content (AvgIpc) is 3.46. The minimum absolute atomic E-state index is 0.00475.